The van der Waals surface area contributed by atoms with Gasteiger partial charge < -0.3 is 14.6 Å². The summed E-state index contributed by atoms with van der Waals surface area (Å²) < 4.78 is 10.3. The van der Waals surface area contributed by atoms with Crippen LogP contribution in [0.4, 0.5) is 0 Å². The molecule has 0 unspecified atom stereocenters. The minimum Gasteiger partial charge on any atom is -0.497 e. The van der Waals surface area contributed by atoms with E-state index < -0.39 is 0 Å². The topological polar surface area (TPSA) is 94.3 Å². The number of ether oxygens (including phenoxy) is 1. The van der Waals surface area contributed by atoms with Gasteiger partial charge in [0.2, 0.25) is 11.8 Å². The molecule has 140 valence electrons. The average molecular weight is 359 g/mol. The van der Waals surface area contributed by atoms with E-state index in [2.05, 4.69) is 15.5 Å². The number of carbonyl (C=O) groups is 2. The standard InChI is InChI=1S/C19H25N3O4/c1-19(2,3)18-21-16(22-26-18)10-11-20-17(24)9-8-15(23)13-6-5-7-14(12-13)25-4/h5-7,12H,8-11H2,1-4H3,(H,20,24). The highest BCUT2D eigenvalue weighted by atomic mass is 16.5. The van der Waals surface area contributed by atoms with E-state index in [-0.39, 0.29) is 29.9 Å². The molecule has 26 heavy (non-hydrogen) atoms. The smallest absolute Gasteiger partial charge is 0.232 e. The van der Waals surface area contributed by atoms with Crippen LogP contribution >= 0.6 is 0 Å². The van der Waals surface area contributed by atoms with Crippen molar-refractivity contribution in [2.24, 2.45) is 0 Å². The maximum Gasteiger partial charge on any atom is 0.232 e. The van der Waals surface area contributed by atoms with Crippen LogP contribution in [0.25, 0.3) is 0 Å². The van der Waals surface area contributed by atoms with E-state index in [1.807, 2.05) is 20.8 Å². The number of benzene rings is 1. The van der Waals surface area contributed by atoms with Gasteiger partial charge in [0.05, 0.1) is 7.11 Å². The van der Waals surface area contributed by atoms with E-state index in [0.29, 0.717) is 36.0 Å². The molecule has 1 N–H and O–H groups in total. The second-order valence-corrected chi connectivity index (χ2v) is 7.02. The lowest BCUT2D eigenvalue weighted by atomic mass is 9.97. The minimum absolute atomic E-state index is 0.0907. The minimum atomic E-state index is -0.199. The quantitative estimate of drug-likeness (QED) is 0.728. The van der Waals surface area contributed by atoms with E-state index in [1.165, 1.54) is 0 Å². The van der Waals surface area contributed by atoms with Crippen molar-refractivity contribution in [3.05, 3.63) is 41.5 Å². The number of rotatable bonds is 8. The van der Waals surface area contributed by atoms with Gasteiger partial charge in [0.25, 0.3) is 0 Å². The first kappa shape index (κ1) is 19.6. The fourth-order valence-electron chi connectivity index (χ4n) is 2.23. The molecule has 0 saturated carbocycles. The van der Waals surface area contributed by atoms with Crippen molar-refractivity contribution in [2.45, 2.75) is 45.4 Å². The van der Waals surface area contributed by atoms with Crippen molar-refractivity contribution in [1.29, 1.82) is 0 Å². The highest BCUT2D eigenvalue weighted by Crippen LogP contribution is 2.19. The van der Waals surface area contributed by atoms with Gasteiger partial charge in [-0.2, -0.15) is 4.98 Å². The summed E-state index contributed by atoms with van der Waals surface area (Å²) in [5, 5.41) is 6.68. The Morgan fingerprint density at radius 3 is 2.65 bits per heavy atom. The largest absolute Gasteiger partial charge is 0.497 e. The Kier molecular flexibility index (Phi) is 6.49. The van der Waals surface area contributed by atoms with Crippen LogP contribution in [0.2, 0.25) is 0 Å². The molecule has 1 aromatic carbocycles. The molecule has 0 fully saturated rings. The Balaban J connectivity index is 1.73. The average Bonchev–Trinajstić information content (AvgIpc) is 3.09. The van der Waals surface area contributed by atoms with Crippen molar-refractivity contribution >= 4 is 11.7 Å². The summed E-state index contributed by atoms with van der Waals surface area (Å²) in [4.78, 5) is 28.4. The summed E-state index contributed by atoms with van der Waals surface area (Å²) in [6, 6.07) is 6.91. The maximum atomic E-state index is 12.1. The molecule has 0 radical (unpaired) electrons. The second kappa shape index (κ2) is 8.60. The number of carbonyl (C=O) groups excluding carboxylic acids is 2. The Hall–Kier alpha value is -2.70. The van der Waals surface area contributed by atoms with Crippen LogP contribution < -0.4 is 10.1 Å². The van der Waals surface area contributed by atoms with E-state index in [4.69, 9.17) is 9.26 Å². The van der Waals surface area contributed by atoms with Gasteiger partial charge in [-0.3, -0.25) is 9.59 Å². The van der Waals surface area contributed by atoms with Crippen LogP contribution in [-0.2, 0) is 16.6 Å². The normalized spacial score (nSPS) is 11.2. The summed E-state index contributed by atoms with van der Waals surface area (Å²) in [7, 11) is 1.55. The van der Waals surface area contributed by atoms with Gasteiger partial charge in [-0.25, -0.2) is 0 Å². The molecule has 0 spiro atoms. The summed E-state index contributed by atoms with van der Waals surface area (Å²) >= 11 is 0. The number of methoxy groups -OCH3 is 1. The van der Waals surface area contributed by atoms with E-state index in [1.54, 1.807) is 31.4 Å². The molecule has 0 bridgehead atoms. The highest BCUT2D eigenvalue weighted by molar-refractivity contribution is 5.98. The van der Waals surface area contributed by atoms with E-state index in [0.717, 1.165) is 0 Å². The molecule has 1 heterocycles. The first-order valence-electron chi connectivity index (χ1n) is 8.56. The Bertz CT molecular complexity index is 762. The lowest BCUT2D eigenvalue weighted by molar-refractivity contribution is -0.121. The van der Waals surface area contributed by atoms with Gasteiger partial charge in [-0.1, -0.05) is 38.1 Å². The number of ketones is 1. The molecule has 7 nitrogen and oxygen atoms in total. The zero-order valence-electron chi connectivity index (χ0n) is 15.7. The second-order valence-electron chi connectivity index (χ2n) is 7.02. The van der Waals surface area contributed by atoms with E-state index in [9.17, 15) is 9.59 Å². The fraction of sp³-hybridized carbons (Fsp3) is 0.474. The summed E-state index contributed by atoms with van der Waals surface area (Å²) in [5.41, 5.74) is 0.341. The van der Waals surface area contributed by atoms with Gasteiger partial charge in [0.15, 0.2) is 11.6 Å². The summed E-state index contributed by atoms with van der Waals surface area (Å²) in [6.07, 6.45) is 0.764. The number of Topliss-reactive ketones (excluding diaryl/α,β-unsaturated/α-hetero) is 1. The van der Waals surface area contributed by atoms with Gasteiger partial charge >= 0.3 is 0 Å². The van der Waals surface area contributed by atoms with Crippen LogP contribution in [0, 0.1) is 0 Å². The van der Waals surface area contributed by atoms with Crippen molar-refractivity contribution in [3.8, 4) is 5.75 Å². The zero-order chi connectivity index (χ0) is 19.2. The number of hydrogen-bond donors (Lipinski definition) is 1. The van der Waals surface area contributed by atoms with Crippen molar-refractivity contribution in [1.82, 2.24) is 15.5 Å². The van der Waals surface area contributed by atoms with E-state index >= 15 is 0 Å². The highest BCUT2D eigenvalue weighted by Gasteiger charge is 2.21. The molecule has 0 aliphatic heterocycles. The molecule has 0 saturated heterocycles. The predicted octanol–water partition coefficient (Wildman–Crippen LogP) is 2.70. The van der Waals surface area contributed by atoms with Crippen LogP contribution in [0.1, 0.15) is 55.7 Å². The van der Waals surface area contributed by atoms with Crippen LogP contribution in [0.5, 0.6) is 5.75 Å². The van der Waals surface area contributed by atoms with Gasteiger partial charge in [-0.05, 0) is 12.1 Å². The molecule has 0 aliphatic carbocycles. The number of amides is 1. The number of nitrogens with one attached hydrogen (secondary N) is 1. The van der Waals surface area contributed by atoms with Gasteiger partial charge in [-0.15, -0.1) is 0 Å². The molecule has 1 aromatic heterocycles. The Morgan fingerprint density at radius 2 is 2.00 bits per heavy atom. The Morgan fingerprint density at radius 1 is 1.23 bits per heavy atom. The lowest BCUT2D eigenvalue weighted by Crippen LogP contribution is -2.26. The monoisotopic (exact) mass is 359 g/mol. The molecule has 2 rings (SSSR count). The first-order valence-corrected chi connectivity index (χ1v) is 8.56. The molecular weight excluding hydrogens is 334 g/mol. The fourth-order valence-corrected chi connectivity index (χ4v) is 2.23. The third-order valence-corrected chi connectivity index (χ3v) is 3.75. The molecule has 0 aliphatic rings. The summed E-state index contributed by atoms with van der Waals surface area (Å²) in [6.45, 7) is 6.37. The molecule has 2 aromatic rings. The lowest BCUT2D eigenvalue weighted by Gasteiger charge is -2.10. The SMILES string of the molecule is COc1cccc(C(=O)CCC(=O)NCCc2noc(C(C)(C)C)n2)c1. The van der Waals surface area contributed by atoms with Gasteiger partial charge in [0, 0.05) is 36.8 Å². The zero-order valence-corrected chi connectivity index (χ0v) is 15.7. The molecule has 1 amide bonds. The molecule has 7 heteroatoms. The summed E-state index contributed by atoms with van der Waals surface area (Å²) in [5.74, 6) is 1.48. The van der Waals surface area contributed by atoms with Gasteiger partial charge in [0.1, 0.15) is 5.75 Å². The Labute approximate surface area is 153 Å². The van der Waals surface area contributed by atoms with Crippen LogP contribution in [0.3, 0.4) is 0 Å². The number of hydrogen-bond acceptors (Lipinski definition) is 6. The third kappa shape index (κ3) is 5.68. The maximum absolute atomic E-state index is 12.1. The van der Waals surface area contributed by atoms with Crippen LogP contribution in [0.15, 0.2) is 28.8 Å². The first-order chi connectivity index (χ1) is 12.3. The molecular formula is C19H25N3O4. The number of nitrogens with zero attached hydrogens (tertiary/aromatic N) is 2. The van der Waals surface area contributed by atoms with Crippen molar-refractivity contribution in [3.63, 3.8) is 0 Å². The third-order valence-electron chi connectivity index (χ3n) is 3.75. The number of aromatic nitrogens is 2. The van der Waals surface area contributed by atoms with Crippen LogP contribution in [-0.4, -0.2) is 35.5 Å². The predicted molar refractivity (Wildman–Crippen MR) is 96.3 cm³/mol. The van der Waals surface area contributed by atoms with Crippen molar-refractivity contribution < 1.29 is 18.8 Å². The molecule has 0 atom stereocenters. The van der Waals surface area contributed by atoms with Crippen molar-refractivity contribution in [2.75, 3.05) is 13.7 Å².